The molecule has 1 saturated carbocycles. The number of anilines is 1. The minimum Gasteiger partial charge on any atom is -0.274 e. The Morgan fingerprint density at radius 2 is 1.19 bits per heavy atom. The van der Waals surface area contributed by atoms with Gasteiger partial charge in [-0.3, -0.25) is 9.59 Å². The highest BCUT2D eigenvalue weighted by Gasteiger charge is 2.64. The monoisotopic (exact) mass is 459 g/mol. The topological polar surface area (TPSA) is 37.4 Å². The number of amides is 2. The molecule has 0 radical (unpaired) electrons. The molecule has 5 heteroatoms. The second-order valence-corrected chi connectivity index (χ2v) is 9.51. The van der Waals surface area contributed by atoms with Crippen molar-refractivity contribution in [1.82, 2.24) is 0 Å². The molecular formula is C27H19Cl2NO2. The largest absolute Gasteiger partial charge is 0.274 e. The molecule has 4 atom stereocenters. The van der Waals surface area contributed by atoms with E-state index in [1.807, 2.05) is 36.4 Å². The van der Waals surface area contributed by atoms with Crippen molar-refractivity contribution in [2.24, 2.45) is 23.7 Å². The summed E-state index contributed by atoms with van der Waals surface area (Å²) in [5.74, 6) is -1.08. The number of allylic oxidation sites excluding steroid dienone is 2. The van der Waals surface area contributed by atoms with E-state index in [9.17, 15) is 9.59 Å². The molecule has 3 nitrogen and oxygen atoms in total. The fourth-order valence-electron chi connectivity index (χ4n) is 5.99. The summed E-state index contributed by atoms with van der Waals surface area (Å²) >= 11 is 12.6. The third-order valence-electron chi connectivity index (χ3n) is 7.12. The summed E-state index contributed by atoms with van der Waals surface area (Å²) < 4.78 is 0. The molecule has 3 aromatic carbocycles. The molecule has 1 saturated heterocycles. The predicted molar refractivity (Wildman–Crippen MR) is 127 cm³/mol. The lowest BCUT2D eigenvalue weighted by Gasteiger charge is -2.27. The quantitative estimate of drug-likeness (QED) is 0.427. The van der Waals surface area contributed by atoms with Crippen LogP contribution in [-0.2, 0) is 9.59 Å². The van der Waals surface area contributed by atoms with E-state index in [0.717, 1.165) is 17.5 Å². The van der Waals surface area contributed by atoms with Gasteiger partial charge >= 0.3 is 0 Å². The predicted octanol–water partition coefficient (Wildman–Crippen LogP) is 6.36. The molecule has 2 fully saturated rings. The Morgan fingerprint density at radius 1 is 0.688 bits per heavy atom. The molecule has 0 N–H and O–H groups in total. The van der Waals surface area contributed by atoms with Crippen LogP contribution in [0.4, 0.5) is 5.69 Å². The number of imide groups is 1. The van der Waals surface area contributed by atoms with Gasteiger partial charge in [-0.1, -0.05) is 83.9 Å². The van der Waals surface area contributed by atoms with Gasteiger partial charge in [0.05, 0.1) is 22.5 Å². The molecule has 2 bridgehead atoms. The number of rotatable bonds is 3. The summed E-state index contributed by atoms with van der Waals surface area (Å²) in [5.41, 5.74) is 5.02. The van der Waals surface area contributed by atoms with E-state index in [-0.39, 0.29) is 35.5 Å². The zero-order valence-electron chi connectivity index (χ0n) is 17.0. The van der Waals surface area contributed by atoms with Gasteiger partial charge in [-0.2, -0.15) is 0 Å². The average Bonchev–Trinajstić information content (AvgIpc) is 3.46. The van der Waals surface area contributed by atoms with E-state index in [2.05, 4.69) is 24.3 Å². The summed E-state index contributed by atoms with van der Waals surface area (Å²) in [6.07, 6.45) is 0.818. The van der Waals surface area contributed by atoms with Crippen LogP contribution in [0.2, 0.25) is 10.0 Å². The molecular weight excluding hydrogens is 441 g/mol. The molecule has 158 valence electrons. The highest BCUT2D eigenvalue weighted by atomic mass is 35.5. The maximum absolute atomic E-state index is 13.7. The molecule has 0 spiro atoms. The van der Waals surface area contributed by atoms with Gasteiger partial charge < -0.3 is 0 Å². The fraction of sp³-hybridized carbons (Fsp3) is 0.185. The maximum atomic E-state index is 13.7. The lowest BCUT2D eigenvalue weighted by atomic mass is 9.73. The molecule has 1 heterocycles. The van der Waals surface area contributed by atoms with Crippen LogP contribution >= 0.6 is 23.2 Å². The Labute approximate surface area is 196 Å². The van der Waals surface area contributed by atoms with Crippen molar-refractivity contribution in [3.8, 4) is 0 Å². The molecule has 2 aliphatic carbocycles. The van der Waals surface area contributed by atoms with Crippen LogP contribution in [-0.4, -0.2) is 11.8 Å². The highest BCUT2D eigenvalue weighted by molar-refractivity contribution is 6.38. The lowest BCUT2D eigenvalue weighted by Crippen LogP contribution is -2.33. The van der Waals surface area contributed by atoms with E-state index >= 15 is 0 Å². The third-order valence-corrected chi connectivity index (χ3v) is 7.68. The third kappa shape index (κ3) is 2.74. The molecule has 32 heavy (non-hydrogen) atoms. The van der Waals surface area contributed by atoms with Crippen molar-refractivity contribution in [3.05, 3.63) is 100 Å². The lowest BCUT2D eigenvalue weighted by molar-refractivity contribution is -0.123. The van der Waals surface area contributed by atoms with Crippen LogP contribution in [0, 0.1) is 23.7 Å². The highest BCUT2D eigenvalue weighted by Crippen LogP contribution is 2.64. The smallest absolute Gasteiger partial charge is 0.238 e. The standard InChI is InChI=1S/C27H19Cl2NO2/c28-17-11-12-20(29)21(13-17)30-26(31)24-18-14-19(25(24)27(30)32)23(16-9-5-2-6-10-16)22(18)15-7-3-1-4-8-15/h1-13,18-19,24-25H,14H2. The van der Waals surface area contributed by atoms with E-state index in [0.29, 0.717) is 15.7 Å². The van der Waals surface area contributed by atoms with Crippen molar-refractivity contribution >= 4 is 51.8 Å². The summed E-state index contributed by atoms with van der Waals surface area (Å²) in [7, 11) is 0. The first kappa shape index (κ1) is 19.8. The second-order valence-electron chi connectivity index (χ2n) is 8.67. The number of carbonyl (C=O) groups excluding carboxylic acids is 2. The van der Waals surface area contributed by atoms with E-state index < -0.39 is 0 Å². The van der Waals surface area contributed by atoms with Gasteiger partial charge in [-0.25, -0.2) is 4.90 Å². The van der Waals surface area contributed by atoms with Crippen LogP contribution in [0.1, 0.15) is 17.5 Å². The molecule has 0 aromatic heterocycles. The SMILES string of the molecule is O=C1C2C3CC(C(c4ccccc4)=C3c3ccccc3)C2C(=O)N1c1cc(Cl)ccc1Cl. The maximum Gasteiger partial charge on any atom is 0.238 e. The van der Waals surface area contributed by atoms with E-state index in [1.54, 1.807) is 18.2 Å². The van der Waals surface area contributed by atoms with Crippen molar-refractivity contribution in [3.63, 3.8) is 0 Å². The van der Waals surface area contributed by atoms with Crippen molar-refractivity contribution in [2.45, 2.75) is 6.42 Å². The zero-order valence-corrected chi connectivity index (χ0v) is 18.6. The minimum absolute atomic E-state index is 0.00187. The Hall–Kier alpha value is -2.88. The van der Waals surface area contributed by atoms with Crippen molar-refractivity contribution in [1.29, 1.82) is 0 Å². The Bertz CT molecular complexity index is 1210. The summed E-state index contributed by atoms with van der Waals surface area (Å²) in [5, 5.41) is 0.793. The van der Waals surface area contributed by atoms with Gasteiger partial charge in [-0.15, -0.1) is 0 Å². The first-order valence-corrected chi connectivity index (χ1v) is 11.5. The first-order chi connectivity index (χ1) is 15.6. The van der Waals surface area contributed by atoms with Gasteiger partial charge in [0.2, 0.25) is 11.8 Å². The van der Waals surface area contributed by atoms with Crippen LogP contribution in [0.5, 0.6) is 0 Å². The van der Waals surface area contributed by atoms with Crippen molar-refractivity contribution < 1.29 is 9.59 Å². The number of fused-ring (bicyclic) bond motifs is 5. The molecule has 6 rings (SSSR count). The summed E-state index contributed by atoms with van der Waals surface area (Å²) in [4.78, 5) is 28.6. The summed E-state index contributed by atoms with van der Waals surface area (Å²) in [6, 6.07) is 25.4. The first-order valence-electron chi connectivity index (χ1n) is 10.7. The minimum atomic E-state index is -0.370. The number of nitrogens with zero attached hydrogens (tertiary/aromatic N) is 1. The fourth-order valence-corrected chi connectivity index (χ4v) is 6.36. The van der Waals surface area contributed by atoms with Gasteiger partial charge in [0.1, 0.15) is 0 Å². The average molecular weight is 460 g/mol. The number of halogens is 2. The van der Waals surface area contributed by atoms with Gasteiger partial charge in [0.25, 0.3) is 0 Å². The van der Waals surface area contributed by atoms with Gasteiger partial charge in [0.15, 0.2) is 0 Å². The van der Waals surface area contributed by atoms with Crippen LogP contribution in [0.25, 0.3) is 11.1 Å². The van der Waals surface area contributed by atoms with E-state index in [1.165, 1.54) is 16.0 Å². The molecule has 3 aromatic rings. The molecule has 3 aliphatic rings. The van der Waals surface area contributed by atoms with E-state index in [4.69, 9.17) is 23.2 Å². The molecule has 2 amide bonds. The van der Waals surface area contributed by atoms with Crippen LogP contribution in [0.15, 0.2) is 78.9 Å². The zero-order chi connectivity index (χ0) is 22.0. The Kier molecular flexibility index (Phi) is 4.53. The van der Waals surface area contributed by atoms with Gasteiger partial charge in [-0.05, 0) is 58.7 Å². The molecule has 4 unspecified atom stereocenters. The number of hydrogen-bond donors (Lipinski definition) is 0. The van der Waals surface area contributed by atoms with Gasteiger partial charge in [0, 0.05) is 5.02 Å². The summed E-state index contributed by atoms with van der Waals surface area (Å²) in [6.45, 7) is 0. The second kappa shape index (κ2) is 7.33. The normalized spacial score (nSPS) is 26.2. The number of carbonyl (C=O) groups is 2. The van der Waals surface area contributed by atoms with Crippen LogP contribution < -0.4 is 4.90 Å². The molecule has 1 aliphatic heterocycles. The number of benzene rings is 3. The number of hydrogen-bond acceptors (Lipinski definition) is 2. The van der Waals surface area contributed by atoms with Crippen LogP contribution in [0.3, 0.4) is 0 Å². The Balaban J connectivity index is 1.50. The van der Waals surface area contributed by atoms with Crippen molar-refractivity contribution in [2.75, 3.05) is 4.90 Å². The Morgan fingerprint density at radius 3 is 1.69 bits per heavy atom.